The molecule has 1 heterocycles. The van der Waals surface area contributed by atoms with E-state index < -0.39 is 0 Å². The summed E-state index contributed by atoms with van der Waals surface area (Å²) in [5, 5.41) is 0. The third-order valence-corrected chi connectivity index (χ3v) is 2.44. The molecule has 0 aromatic carbocycles. The maximum absolute atomic E-state index is 11.4. The van der Waals surface area contributed by atoms with Gasteiger partial charge in [0.1, 0.15) is 0 Å². The van der Waals surface area contributed by atoms with Crippen molar-refractivity contribution in [2.24, 2.45) is 0 Å². The van der Waals surface area contributed by atoms with Crippen LogP contribution in [0.5, 0.6) is 0 Å². The largest absolute Gasteiger partial charge is 0.450 e. The second kappa shape index (κ2) is 5.95. The van der Waals surface area contributed by atoms with E-state index in [-0.39, 0.29) is 6.09 Å². The Labute approximate surface area is 92.2 Å². The zero-order chi connectivity index (χ0) is 11.3. The van der Waals surface area contributed by atoms with Gasteiger partial charge in [0.25, 0.3) is 0 Å². The van der Waals surface area contributed by atoms with Crippen LogP contribution in [0.2, 0.25) is 0 Å². The summed E-state index contributed by atoms with van der Waals surface area (Å²) in [6, 6.07) is 0. The molecule has 4 heteroatoms. The normalized spacial score (nSPS) is 18.3. The van der Waals surface area contributed by atoms with Crippen LogP contribution in [-0.4, -0.2) is 55.2 Å². The van der Waals surface area contributed by atoms with E-state index in [1.807, 2.05) is 6.92 Å². The van der Waals surface area contributed by atoms with E-state index in [1.165, 1.54) is 5.92 Å². The summed E-state index contributed by atoms with van der Waals surface area (Å²) < 4.78 is 4.96. The lowest BCUT2D eigenvalue weighted by molar-refractivity contribution is 0.0809. The smallest absolute Gasteiger partial charge is 0.409 e. The first-order valence-electron chi connectivity index (χ1n) is 5.56. The molecule has 1 rings (SSSR count). The number of ether oxygens (including phenoxy) is 1. The molecule has 0 N–H and O–H groups in total. The van der Waals surface area contributed by atoms with Gasteiger partial charge in [-0.15, -0.1) is 0 Å². The molecule has 4 nitrogen and oxygen atoms in total. The van der Waals surface area contributed by atoms with Crippen LogP contribution in [0, 0.1) is 5.92 Å². The van der Waals surface area contributed by atoms with Crippen LogP contribution < -0.4 is 0 Å². The van der Waals surface area contributed by atoms with Crippen LogP contribution in [0.3, 0.4) is 0 Å². The molecule has 0 unspecified atom stereocenters. The minimum Gasteiger partial charge on any atom is -0.450 e. The predicted molar refractivity (Wildman–Crippen MR) is 59.6 cm³/mol. The molecule has 15 heavy (non-hydrogen) atoms. The van der Waals surface area contributed by atoms with Crippen LogP contribution in [0.15, 0.2) is 0 Å². The molecular formula is C11H21N2O2. The highest BCUT2D eigenvalue weighted by atomic mass is 16.6. The Bertz CT molecular complexity index is 199. The molecule has 0 aromatic rings. The van der Waals surface area contributed by atoms with Crippen molar-refractivity contribution >= 4 is 6.09 Å². The standard InChI is InChI=1S/C11H21N2O2/c1-4-15-11(14)13-7-5-12(6-8-13)9-10(2)3/h4-9H2,1-3H3. The Morgan fingerprint density at radius 3 is 2.27 bits per heavy atom. The average Bonchev–Trinajstić information content (AvgIpc) is 2.18. The highest BCUT2D eigenvalue weighted by molar-refractivity contribution is 5.67. The van der Waals surface area contributed by atoms with E-state index in [9.17, 15) is 4.79 Å². The minimum atomic E-state index is -0.172. The molecule has 1 saturated heterocycles. The summed E-state index contributed by atoms with van der Waals surface area (Å²) in [6.07, 6.45) is -0.172. The molecule has 0 spiro atoms. The van der Waals surface area contributed by atoms with Gasteiger partial charge in [0.15, 0.2) is 0 Å². The summed E-state index contributed by atoms with van der Waals surface area (Å²) in [5.74, 6) is 1.42. The fourth-order valence-electron chi connectivity index (χ4n) is 1.75. The maximum Gasteiger partial charge on any atom is 0.409 e. The molecule has 1 fully saturated rings. The number of carbonyl (C=O) groups is 1. The third kappa shape index (κ3) is 4.08. The Morgan fingerprint density at radius 1 is 1.20 bits per heavy atom. The van der Waals surface area contributed by atoms with Crippen LogP contribution in [0.25, 0.3) is 0 Å². The van der Waals surface area contributed by atoms with Crippen LogP contribution in [-0.2, 0) is 4.74 Å². The van der Waals surface area contributed by atoms with Crippen LogP contribution in [0.1, 0.15) is 20.8 Å². The molecule has 1 aliphatic heterocycles. The quantitative estimate of drug-likeness (QED) is 0.710. The lowest BCUT2D eigenvalue weighted by atomic mass is 10.2. The molecular weight excluding hydrogens is 192 g/mol. The van der Waals surface area contributed by atoms with Crippen molar-refractivity contribution in [3.63, 3.8) is 0 Å². The lowest BCUT2D eigenvalue weighted by Crippen LogP contribution is -2.49. The average molecular weight is 213 g/mol. The first kappa shape index (κ1) is 12.3. The van der Waals surface area contributed by atoms with Crippen molar-refractivity contribution in [2.75, 3.05) is 39.3 Å². The first-order chi connectivity index (χ1) is 7.13. The Kier molecular flexibility index (Phi) is 4.88. The van der Waals surface area contributed by atoms with Crippen LogP contribution >= 0.6 is 0 Å². The summed E-state index contributed by atoms with van der Waals surface area (Å²) in [4.78, 5) is 15.6. The second-order valence-electron chi connectivity index (χ2n) is 4.17. The molecule has 87 valence electrons. The van der Waals surface area contributed by atoms with Gasteiger partial charge in [-0.25, -0.2) is 4.79 Å². The lowest BCUT2D eigenvalue weighted by Gasteiger charge is -2.34. The van der Waals surface area contributed by atoms with Gasteiger partial charge in [-0.05, 0) is 12.8 Å². The van der Waals surface area contributed by atoms with Crippen molar-refractivity contribution in [1.29, 1.82) is 0 Å². The monoisotopic (exact) mass is 213 g/mol. The van der Waals surface area contributed by atoms with E-state index in [0.29, 0.717) is 6.61 Å². The number of piperazine rings is 1. The third-order valence-electron chi connectivity index (χ3n) is 2.44. The molecule has 1 aliphatic rings. The van der Waals surface area contributed by atoms with Crippen molar-refractivity contribution in [1.82, 2.24) is 9.80 Å². The fraction of sp³-hybridized carbons (Fsp3) is 0.818. The van der Waals surface area contributed by atoms with Gasteiger partial charge in [0, 0.05) is 32.7 Å². The van der Waals surface area contributed by atoms with Crippen LogP contribution in [0.4, 0.5) is 4.79 Å². The zero-order valence-corrected chi connectivity index (χ0v) is 9.95. The maximum atomic E-state index is 11.4. The number of hydrogen-bond acceptors (Lipinski definition) is 3. The second-order valence-corrected chi connectivity index (χ2v) is 4.17. The van der Waals surface area contributed by atoms with Gasteiger partial charge >= 0.3 is 6.09 Å². The Morgan fingerprint density at radius 2 is 1.80 bits per heavy atom. The SMILES string of the molecule is CCOC(=O)N1CCN(C[C](C)C)CC1. The molecule has 1 amide bonds. The highest BCUT2D eigenvalue weighted by Crippen LogP contribution is 2.07. The van der Waals surface area contributed by atoms with Gasteiger partial charge < -0.3 is 9.64 Å². The van der Waals surface area contributed by atoms with Crippen molar-refractivity contribution in [3.8, 4) is 0 Å². The number of hydrogen-bond donors (Lipinski definition) is 0. The zero-order valence-electron chi connectivity index (χ0n) is 9.95. The number of rotatable bonds is 3. The topological polar surface area (TPSA) is 32.8 Å². The minimum absolute atomic E-state index is 0.172. The van der Waals surface area contributed by atoms with Gasteiger partial charge in [0.2, 0.25) is 0 Å². The molecule has 0 atom stereocenters. The van der Waals surface area contributed by atoms with E-state index in [1.54, 1.807) is 4.90 Å². The van der Waals surface area contributed by atoms with E-state index in [0.717, 1.165) is 32.7 Å². The van der Waals surface area contributed by atoms with E-state index in [2.05, 4.69) is 18.7 Å². The molecule has 0 bridgehead atoms. The van der Waals surface area contributed by atoms with E-state index >= 15 is 0 Å². The molecule has 0 aromatic heterocycles. The Hall–Kier alpha value is -0.770. The number of amides is 1. The van der Waals surface area contributed by atoms with E-state index in [4.69, 9.17) is 4.74 Å². The molecule has 1 radical (unpaired) electrons. The van der Waals surface area contributed by atoms with Gasteiger partial charge in [0.05, 0.1) is 6.61 Å². The molecule has 0 aliphatic carbocycles. The van der Waals surface area contributed by atoms with Crippen molar-refractivity contribution in [3.05, 3.63) is 5.92 Å². The van der Waals surface area contributed by atoms with Crippen molar-refractivity contribution in [2.45, 2.75) is 20.8 Å². The number of carbonyl (C=O) groups excluding carboxylic acids is 1. The summed E-state index contributed by atoms with van der Waals surface area (Å²) in [6.45, 7) is 11.1. The summed E-state index contributed by atoms with van der Waals surface area (Å²) >= 11 is 0. The fourth-order valence-corrected chi connectivity index (χ4v) is 1.75. The summed E-state index contributed by atoms with van der Waals surface area (Å²) in [5.41, 5.74) is 0. The number of nitrogens with zero attached hydrogens (tertiary/aromatic N) is 2. The molecule has 0 saturated carbocycles. The van der Waals surface area contributed by atoms with Crippen molar-refractivity contribution < 1.29 is 9.53 Å². The first-order valence-corrected chi connectivity index (χ1v) is 5.56. The van der Waals surface area contributed by atoms with Gasteiger partial charge in [-0.3, -0.25) is 4.90 Å². The van der Waals surface area contributed by atoms with Gasteiger partial charge in [-0.2, -0.15) is 0 Å². The Balaban J connectivity index is 2.26. The highest BCUT2D eigenvalue weighted by Gasteiger charge is 2.21. The predicted octanol–water partition coefficient (Wildman–Crippen LogP) is 1.37. The van der Waals surface area contributed by atoms with Gasteiger partial charge in [-0.1, -0.05) is 13.8 Å². The summed E-state index contributed by atoms with van der Waals surface area (Å²) in [7, 11) is 0.